The molecule has 2 aliphatic carbocycles. The molecular formula is C55H53N11O8P4. The van der Waals surface area contributed by atoms with Gasteiger partial charge in [-0.3, -0.25) is 46.6 Å². The third kappa shape index (κ3) is 9.17. The largest absolute Gasteiger partial charge is 0.436 e. The SMILES string of the molecule is C#CNC(N)(N)P1(=O)Oc2ccccc2-c2ccccc21.N=C(N)N=C(N)P1(=O)Oc2ccccc2-c2ccccc21.NC(=NC(N)(N)P1(=O)Oc2ccccc2C2CC=CC=C21)P1(=O)OC2C=CC=CC2c2ccccc21. The van der Waals surface area contributed by atoms with E-state index in [1.54, 1.807) is 84.9 Å². The van der Waals surface area contributed by atoms with Crippen LogP contribution in [0.4, 0.5) is 0 Å². The van der Waals surface area contributed by atoms with Crippen LogP contribution in [0.1, 0.15) is 29.4 Å². The summed E-state index contributed by atoms with van der Waals surface area (Å²) in [6, 6.07) is 45.6. The summed E-state index contributed by atoms with van der Waals surface area (Å²) >= 11 is 0. The second-order valence-corrected chi connectivity index (χ2v) is 28.0. The number of hydrogen-bond donors (Lipinski definition) is 9. The van der Waals surface area contributed by atoms with Crippen LogP contribution < -0.4 is 74.9 Å². The Labute approximate surface area is 449 Å². The molecule has 0 bridgehead atoms. The third-order valence-corrected chi connectivity index (χ3v) is 23.2. The molecular weight excluding hydrogens is 1070 g/mol. The molecule has 12 rings (SSSR count). The van der Waals surface area contributed by atoms with E-state index in [1.165, 1.54) is 0 Å². The summed E-state index contributed by atoms with van der Waals surface area (Å²) in [5.41, 5.74) is 42.4. The highest BCUT2D eigenvalue weighted by molar-refractivity contribution is 7.84. The van der Waals surface area contributed by atoms with Gasteiger partial charge in [-0.2, -0.15) is 4.99 Å². The van der Waals surface area contributed by atoms with Crippen molar-refractivity contribution >= 4 is 62.5 Å². The minimum absolute atomic E-state index is 0.113. The molecule has 0 spiro atoms. The quantitative estimate of drug-likeness (QED) is 0.0194. The Bertz CT molecular complexity index is 3880. The van der Waals surface area contributed by atoms with Crippen molar-refractivity contribution in [3.8, 4) is 52.0 Å². The fourth-order valence-corrected chi connectivity index (χ4v) is 18.4. The fourth-order valence-electron chi connectivity index (χ4n) is 9.91. The van der Waals surface area contributed by atoms with Gasteiger partial charge in [0.05, 0.1) is 16.7 Å². The molecule has 16 N–H and O–H groups in total. The molecule has 0 saturated heterocycles. The van der Waals surface area contributed by atoms with Crippen molar-refractivity contribution in [2.24, 2.45) is 50.1 Å². The molecule has 7 unspecified atom stereocenters. The van der Waals surface area contributed by atoms with Crippen molar-refractivity contribution in [2.75, 3.05) is 0 Å². The summed E-state index contributed by atoms with van der Waals surface area (Å²) < 4.78 is 78.9. The molecule has 6 aromatic carbocycles. The third-order valence-electron chi connectivity index (χ3n) is 13.6. The van der Waals surface area contributed by atoms with Gasteiger partial charge in [-0.25, -0.2) is 4.99 Å². The highest BCUT2D eigenvalue weighted by Gasteiger charge is 2.56. The number of nitrogens with one attached hydrogen (secondary N) is 2. The van der Waals surface area contributed by atoms with Crippen LogP contribution in [0.15, 0.2) is 203 Å². The first-order valence-corrected chi connectivity index (χ1v) is 30.7. The van der Waals surface area contributed by atoms with Gasteiger partial charge in [0.1, 0.15) is 17.2 Å². The Kier molecular flexibility index (Phi) is 14.1. The van der Waals surface area contributed by atoms with Gasteiger partial charge >= 0.3 is 22.1 Å². The maximum absolute atomic E-state index is 14.5. The lowest BCUT2D eigenvalue weighted by atomic mass is 9.90. The first-order valence-electron chi connectivity index (χ1n) is 24.2. The van der Waals surface area contributed by atoms with Crippen molar-refractivity contribution in [1.82, 2.24) is 5.32 Å². The van der Waals surface area contributed by atoms with Crippen molar-refractivity contribution in [2.45, 2.75) is 35.4 Å². The molecule has 23 heteroatoms. The van der Waals surface area contributed by atoms with E-state index >= 15 is 0 Å². The molecule has 4 heterocycles. The molecule has 0 saturated carbocycles. The highest BCUT2D eigenvalue weighted by atomic mass is 31.2. The van der Waals surface area contributed by atoms with Crippen LogP contribution in [0, 0.1) is 17.9 Å². The van der Waals surface area contributed by atoms with E-state index in [0.29, 0.717) is 44.9 Å². The molecule has 6 aromatic rings. The normalized spacial score (nSPS) is 25.7. The number of benzene rings is 6. The van der Waals surface area contributed by atoms with Gasteiger partial charge in [0.2, 0.25) is 17.1 Å². The van der Waals surface area contributed by atoms with Gasteiger partial charge < -0.3 is 40.6 Å². The Hall–Kier alpha value is -7.83. The van der Waals surface area contributed by atoms with Crippen molar-refractivity contribution in [3.05, 3.63) is 205 Å². The number of allylic oxidation sites excluding steroid dienone is 6. The standard InChI is InChI=1S/C26H26N4O4P2.C15H14N3O2P.C14H13N4O2P/c27-25(35(31)23-15-7-3-11-19(23)17-9-1-5-13-21(17)33-35)30-26(28,29)36(32)24-16-8-4-12-20(24)18-10-2-6-14-22(18)34-36;1-2-18-15(16,17)21(19)14-10-6-4-8-12(14)11-7-3-5-9-13(11)20-21;15-13(16)18-14(17)21(19)12-8-4-2-6-10(12)9-5-1-3-7-11(9)20-21/h1-11,13-17,20-21H,12,28-29H2,(H2,27,30);1,3-10,18H,16-17H2;1-8H,(H5,15,16,17,18). The second-order valence-electron chi connectivity index (χ2n) is 18.5. The van der Waals surface area contributed by atoms with Gasteiger partial charge in [0.25, 0.3) is 12.9 Å². The molecule has 0 amide bonds. The van der Waals surface area contributed by atoms with E-state index < -0.39 is 58.2 Å². The minimum Gasteiger partial charge on any atom is -0.436 e. The first-order chi connectivity index (χ1) is 37.3. The number of rotatable bonds is 6. The average molecular weight is 1120 g/mol. The first kappa shape index (κ1) is 53.6. The van der Waals surface area contributed by atoms with E-state index in [-0.39, 0.29) is 17.4 Å². The number of amidine groups is 2. The van der Waals surface area contributed by atoms with Crippen molar-refractivity contribution in [1.29, 1.82) is 5.41 Å². The van der Waals surface area contributed by atoms with Gasteiger partial charge in [-0.05, 0) is 59.5 Å². The number of hydrogen-bond acceptors (Lipinski definition) is 15. The number of nitrogens with two attached hydrogens (primary N) is 7. The number of para-hydroxylation sites is 3. The summed E-state index contributed by atoms with van der Waals surface area (Å²) in [6.07, 6.45) is 18.4. The lowest BCUT2D eigenvalue weighted by Gasteiger charge is -2.41. The van der Waals surface area contributed by atoms with Crippen LogP contribution in [0.3, 0.4) is 0 Å². The Morgan fingerprint density at radius 2 is 1.13 bits per heavy atom. The molecule has 0 radical (unpaired) electrons. The fraction of sp³-hybridized carbons (Fsp3) is 0.109. The van der Waals surface area contributed by atoms with E-state index in [1.807, 2.05) is 103 Å². The van der Waals surface area contributed by atoms with E-state index in [9.17, 15) is 18.3 Å². The summed E-state index contributed by atoms with van der Waals surface area (Å²) in [5.74, 6) is 0.525. The predicted molar refractivity (Wildman–Crippen MR) is 308 cm³/mol. The minimum atomic E-state index is -4.03. The molecule has 19 nitrogen and oxygen atoms in total. The number of guanidine groups is 1. The zero-order chi connectivity index (χ0) is 55.3. The summed E-state index contributed by atoms with van der Waals surface area (Å²) in [5, 5.41) is 11.4. The van der Waals surface area contributed by atoms with E-state index in [0.717, 1.165) is 33.4 Å². The molecule has 0 aromatic heterocycles. The van der Waals surface area contributed by atoms with Crippen LogP contribution in [-0.2, 0) is 22.8 Å². The summed E-state index contributed by atoms with van der Waals surface area (Å²) in [6.45, 7) is 0. The smallest absolute Gasteiger partial charge is 0.341 e. The monoisotopic (exact) mass is 1120 g/mol. The molecule has 7 atom stereocenters. The van der Waals surface area contributed by atoms with Gasteiger partial charge in [0.15, 0.2) is 5.58 Å². The summed E-state index contributed by atoms with van der Waals surface area (Å²) in [4.78, 5) is 7.88. The molecule has 0 fully saturated rings. The molecule has 396 valence electrons. The second kappa shape index (κ2) is 20.5. The lowest BCUT2D eigenvalue weighted by molar-refractivity contribution is 0.237. The molecule has 78 heavy (non-hydrogen) atoms. The number of aliphatic imine (C=N–C) groups is 2. The number of nitrogens with zero attached hydrogens (tertiary/aromatic N) is 2. The Morgan fingerprint density at radius 3 is 1.78 bits per heavy atom. The molecule has 6 aliphatic rings. The van der Waals surface area contributed by atoms with Crippen LogP contribution in [0.5, 0.6) is 17.2 Å². The van der Waals surface area contributed by atoms with Crippen LogP contribution in [0.2, 0.25) is 0 Å². The average Bonchev–Trinajstić information content (AvgIpc) is 3.54. The number of terminal acetylenes is 1. The predicted octanol–water partition coefficient (Wildman–Crippen LogP) is 7.56. The summed E-state index contributed by atoms with van der Waals surface area (Å²) in [7, 11) is -15.2. The highest BCUT2D eigenvalue weighted by Crippen LogP contribution is 2.70. The van der Waals surface area contributed by atoms with Crippen molar-refractivity contribution in [3.63, 3.8) is 0 Å². The van der Waals surface area contributed by atoms with Gasteiger partial charge in [0, 0.05) is 45.2 Å². The van der Waals surface area contributed by atoms with Crippen LogP contribution >= 0.6 is 29.5 Å². The van der Waals surface area contributed by atoms with E-state index in [2.05, 4.69) is 21.3 Å². The van der Waals surface area contributed by atoms with Crippen LogP contribution in [0.25, 0.3) is 22.3 Å². The molecule has 4 aliphatic heterocycles. The van der Waals surface area contributed by atoms with Crippen molar-refractivity contribution < 1.29 is 36.4 Å². The Balaban J connectivity index is 0.000000141. The van der Waals surface area contributed by atoms with Gasteiger partial charge in [-0.1, -0.05) is 158 Å². The maximum atomic E-state index is 14.5. The van der Waals surface area contributed by atoms with Gasteiger partial charge in [-0.15, -0.1) is 0 Å². The topological polar surface area (TPSA) is 348 Å². The van der Waals surface area contributed by atoms with Crippen LogP contribution in [-0.4, -0.2) is 34.3 Å². The van der Waals surface area contributed by atoms with E-state index in [4.69, 9.17) is 70.1 Å². The lowest BCUT2D eigenvalue weighted by Crippen LogP contribution is -2.61. The maximum Gasteiger partial charge on any atom is 0.341 e. The number of fused-ring (bicyclic) bond motifs is 12. The Morgan fingerprint density at radius 1 is 0.603 bits per heavy atom. The zero-order valence-electron chi connectivity index (χ0n) is 41.4. The zero-order valence-corrected chi connectivity index (χ0v) is 45.0.